The molecule has 6 nitrogen and oxygen atoms in total. The van der Waals surface area contributed by atoms with E-state index >= 15 is 0 Å². The monoisotopic (exact) mass is 490 g/mol. The zero-order chi connectivity index (χ0) is 25.7. The average Bonchev–Trinajstić information content (AvgIpc) is 2.86. The number of rotatable bonds is 7. The number of hydrogen-bond donors (Lipinski definition) is 1. The molecular weight excluding hydrogens is 463 g/mol. The van der Waals surface area contributed by atoms with E-state index in [-0.39, 0.29) is 13.2 Å². The molecule has 0 aromatic heterocycles. The summed E-state index contributed by atoms with van der Waals surface area (Å²) in [5, 5.41) is 11.2. The Morgan fingerprint density at radius 3 is 1.89 bits per heavy atom. The minimum atomic E-state index is -1.79. The first-order valence-corrected chi connectivity index (χ1v) is 11.7. The van der Waals surface area contributed by atoms with Crippen LogP contribution in [0.3, 0.4) is 0 Å². The third kappa shape index (κ3) is 5.69. The molecule has 0 amide bonds. The topological polar surface area (TPSA) is 89.9 Å². The third-order valence-corrected chi connectivity index (χ3v) is 6.48. The molecule has 1 aliphatic carbocycles. The van der Waals surface area contributed by atoms with Gasteiger partial charge in [-0.3, -0.25) is 14.4 Å². The summed E-state index contributed by atoms with van der Waals surface area (Å²) in [6.07, 6.45) is -0.430. The van der Waals surface area contributed by atoms with E-state index in [9.17, 15) is 23.9 Å². The lowest BCUT2D eigenvalue weighted by molar-refractivity contribution is -0.174. The van der Waals surface area contributed by atoms with Crippen LogP contribution < -0.4 is 0 Å². The Morgan fingerprint density at radius 1 is 0.861 bits per heavy atom. The maximum Gasteiger partial charge on any atom is 0.317 e. The molecule has 0 radical (unpaired) electrons. The molecule has 0 bridgehead atoms. The number of aliphatic hydroxyl groups is 1. The van der Waals surface area contributed by atoms with Gasteiger partial charge in [0.1, 0.15) is 24.9 Å². The van der Waals surface area contributed by atoms with Gasteiger partial charge in [0.05, 0.1) is 11.5 Å². The summed E-state index contributed by atoms with van der Waals surface area (Å²) in [7, 11) is 0. The lowest BCUT2D eigenvalue weighted by atomic mass is 9.61. The van der Waals surface area contributed by atoms with Crippen LogP contribution in [0.1, 0.15) is 36.0 Å². The molecular formula is C29H27FO6. The van der Waals surface area contributed by atoms with Crippen molar-refractivity contribution < 1.29 is 33.4 Å². The highest BCUT2D eigenvalue weighted by atomic mass is 19.1. The van der Waals surface area contributed by atoms with E-state index in [2.05, 4.69) is 0 Å². The molecule has 1 saturated carbocycles. The second-order valence-electron chi connectivity index (χ2n) is 9.22. The predicted molar refractivity (Wildman–Crippen MR) is 129 cm³/mol. The van der Waals surface area contributed by atoms with Gasteiger partial charge in [-0.1, -0.05) is 72.8 Å². The van der Waals surface area contributed by atoms with Gasteiger partial charge in [0.25, 0.3) is 0 Å². The first kappa shape index (κ1) is 25.3. The van der Waals surface area contributed by atoms with Crippen molar-refractivity contribution in [2.24, 2.45) is 11.8 Å². The van der Waals surface area contributed by atoms with Crippen molar-refractivity contribution in [3.63, 3.8) is 0 Å². The number of hydrogen-bond acceptors (Lipinski definition) is 6. The molecule has 4 unspecified atom stereocenters. The number of Topliss-reactive ketones (excluding diaryl/α,β-unsaturated/α-hetero) is 1. The van der Waals surface area contributed by atoms with Gasteiger partial charge in [0, 0.05) is 12.3 Å². The van der Waals surface area contributed by atoms with E-state index in [1.54, 1.807) is 48.5 Å². The Balaban J connectivity index is 1.66. The van der Waals surface area contributed by atoms with Crippen molar-refractivity contribution in [3.8, 4) is 0 Å². The molecule has 7 heteroatoms. The van der Waals surface area contributed by atoms with Gasteiger partial charge in [-0.15, -0.1) is 0 Å². The van der Waals surface area contributed by atoms with E-state index in [1.807, 2.05) is 12.1 Å². The summed E-state index contributed by atoms with van der Waals surface area (Å²) in [6, 6.07) is 23.2. The van der Waals surface area contributed by atoms with Gasteiger partial charge in [-0.05, 0) is 35.7 Å². The molecule has 1 fully saturated rings. The normalized spacial score (nSPS) is 23.6. The highest BCUT2D eigenvalue weighted by molar-refractivity contribution is 6.02. The highest BCUT2D eigenvalue weighted by Crippen LogP contribution is 2.47. The van der Waals surface area contributed by atoms with Crippen LogP contribution >= 0.6 is 0 Å². The summed E-state index contributed by atoms with van der Waals surface area (Å²) in [4.78, 5) is 39.8. The largest absolute Gasteiger partial charge is 0.461 e. The van der Waals surface area contributed by atoms with E-state index in [0.29, 0.717) is 5.56 Å². The number of carbonyl (C=O) groups excluding carboxylic acids is 3. The Morgan fingerprint density at radius 2 is 1.36 bits per heavy atom. The number of esters is 2. The summed E-state index contributed by atoms with van der Waals surface area (Å²) in [6.45, 7) is 1.28. The van der Waals surface area contributed by atoms with E-state index in [0.717, 1.165) is 11.1 Å². The van der Waals surface area contributed by atoms with Gasteiger partial charge >= 0.3 is 11.9 Å². The number of ether oxygens (including phenoxy) is 2. The minimum absolute atomic E-state index is 0.0422. The van der Waals surface area contributed by atoms with E-state index in [1.165, 1.54) is 31.2 Å². The molecule has 4 atom stereocenters. The van der Waals surface area contributed by atoms with Crippen LogP contribution in [0.15, 0.2) is 84.9 Å². The zero-order valence-electron chi connectivity index (χ0n) is 19.8. The maximum atomic E-state index is 13.7. The number of ketones is 1. The van der Waals surface area contributed by atoms with Crippen LogP contribution in [-0.4, -0.2) is 28.4 Å². The molecule has 0 heterocycles. The molecule has 3 aromatic carbocycles. The van der Waals surface area contributed by atoms with Crippen LogP contribution in [0.5, 0.6) is 0 Å². The fraction of sp³-hybridized carbons (Fsp3) is 0.276. The van der Waals surface area contributed by atoms with Gasteiger partial charge in [0.2, 0.25) is 0 Å². The van der Waals surface area contributed by atoms with Gasteiger partial charge in [0.15, 0.2) is 5.78 Å². The number of carbonyl (C=O) groups is 3. The smallest absolute Gasteiger partial charge is 0.317 e. The Kier molecular flexibility index (Phi) is 7.60. The summed E-state index contributed by atoms with van der Waals surface area (Å²) >= 11 is 0. The first-order chi connectivity index (χ1) is 17.3. The van der Waals surface area contributed by atoms with E-state index in [4.69, 9.17) is 9.47 Å². The zero-order valence-corrected chi connectivity index (χ0v) is 19.8. The van der Waals surface area contributed by atoms with Gasteiger partial charge < -0.3 is 14.6 Å². The van der Waals surface area contributed by atoms with Crippen LogP contribution in [0.4, 0.5) is 4.39 Å². The van der Waals surface area contributed by atoms with Crippen molar-refractivity contribution in [3.05, 3.63) is 107 Å². The first-order valence-electron chi connectivity index (χ1n) is 11.7. The number of benzene rings is 3. The molecule has 4 rings (SSSR count). The SMILES string of the molecule is CC1(O)CC(=O)C(C(=O)OCc2ccccc2)C(c2ccc(F)cc2)C1C(=O)OCc1ccccc1. The van der Waals surface area contributed by atoms with E-state index < -0.39 is 53.3 Å². The highest BCUT2D eigenvalue weighted by Gasteiger charge is 2.57. The summed E-state index contributed by atoms with van der Waals surface area (Å²) in [5.41, 5.74) is 0.0426. The van der Waals surface area contributed by atoms with Gasteiger partial charge in [-0.2, -0.15) is 0 Å². The second kappa shape index (κ2) is 10.8. The Labute approximate surface area is 208 Å². The van der Waals surface area contributed by atoms with Crippen LogP contribution in [-0.2, 0) is 37.1 Å². The van der Waals surface area contributed by atoms with Crippen molar-refractivity contribution in [1.82, 2.24) is 0 Å². The molecule has 36 heavy (non-hydrogen) atoms. The lowest BCUT2D eigenvalue weighted by Gasteiger charge is -2.43. The quantitative estimate of drug-likeness (QED) is 0.391. The lowest BCUT2D eigenvalue weighted by Crippen LogP contribution is -2.55. The van der Waals surface area contributed by atoms with Crippen molar-refractivity contribution >= 4 is 17.7 Å². The fourth-order valence-corrected chi connectivity index (χ4v) is 4.74. The Bertz CT molecular complexity index is 1210. The second-order valence-corrected chi connectivity index (χ2v) is 9.22. The number of halogens is 1. The maximum absolute atomic E-state index is 13.7. The third-order valence-electron chi connectivity index (χ3n) is 6.48. The predicted octanol–water partition coefficient (Wildman–Crippen LogP) is 4.35. The Hall–Kier alpha value is -3.84. The minimum Gasteiger partial charge on any atom is -0.461 e. The molecule has 3 aromatic rings. The summed E-state index contributed by atoms with van der Waals surface area (Å²) < 4.78 is 24.7. The molecule has 1 N–H and O–H groups in total. The molecule has 0 spiro atoms. The molecule has 0 aliphatic heterocycles. The van der Waals surface area contributed by atoms with Crippen LogP contribution in [0, 0.1) is 17.7 Å². The summed E-state index contributed by atoms with van der Waals surface area (Å²) in [5.74, 6) is -6.37. The van der Waals surface area contributed by atoms with Gasteiger partial charge in [-0.25, -0.2) is 4.39 Å². The standard InChI is InChI=1S/C29H27FO6/c1-29(34)16-23(31)25(27(32)35-17-19-8-4-2-5-9-19)24(21-12-14-22(30)15-13-21)26(29)28(33)36-18-20-10-6-3-7-11-20/h2-15,24-26,34H,16-18H2,1H3. The van der Waals surface area contributed by atoms with Crippen LogP contribution in [0.25, 0.3) is 0 Å². The van der Waals surface area contributed by atoms with Crippen molar-refractivity contribution in [1.29, 1.82) is 0 Å². The van der Waals surface area contributed by atoms with Crippen molar-refractivity contribution in [2.45, 2.75) is 38.1 Å². The van der Waals surface area contributed by atoms with Crippen molar-refractivity contribution in [2.75, 3.05) is 0 Å². The van der Waals surface area contributed by atoms with Crippen LogP contribution in [0.2, 0.25) is 0 Å². The molecule has 186 valence electrons. The average molecular weight is 491 g/mol. The fourth-order valence-electron chi connectivity index (χ4n) is 4.74. The molecule has 0 saturated heterocycles. The molecule has 1 aliphatic rings.